The van der Waals surface area contributed by atoms with Crippen LogP contribution in [0.2, 0.25) is 0 Å². The largest absolute Gasteiger partial charge is 0.481 e. The fourth-order valence-corrected chi connectivity index (χ4v) is 8.51. The van der Waals surface area contributed by atoms with E-state index in [4.69, 9.17) is 9.97 Å². The second-order valence-electron chi connectivity index (χ2n) is 15.4. The molecule has 2 saturated heterocycles. The molecule has 2 aliphatic heterocycles. The van der Waals surface area contributed by atoms with Gasteiger partial charge in [-0.25, -0.2) is 9.97 Å². The number of carbonyl (C=O) groups is 3. The smallest absolute Gasteiger partial charge is 0.310 e. The Morgan fingerprint density at radius 1 is 0.940 bits per heavy atom. The van der Waals surface area contributed by atoms with Crippen LogP contribution in [0.25, 0.3) is 11.4 Å². The molecule has 2 amide bonds. The molecule has 0 bridgehead atoms. The van der Waals surface area contributed by atoms with Gasteiger partial charge in [-0.3, -0.25) is 19.3 Å². The summed E-state index contributed by atoms with van der Waals surface area (Å²) in [4.78, 5) is 55.8. The number of aliphatic carboxylic acids is 1. The normalized spacial score (nSPS) is 21.0. The van der Waals surface area contributed by atoms with Crippen LogP contribution in [-0.4, -0.2) is 94.0 Å². The van der Waals surface area contributed by atoms with Crippen molar-refractivity contribution in [2.45, 2.75) is 90.1 Å². The molecule has 3 fully saturated rings. The molecule has 0 unspecified atom stereocenters. The molecule has 1 aliphatic carbocycles. The van der Waals surface area contributed by atoms with Crippen molar-refractivity contribution in [2.24, 2.45) is 11.8 Å². The number of aromatic nitrogens is 2. The van der Waals surface area contributed by atoms with Gasteiger partial charge in [0.15, 0.2) is 5.82 Å². The first-order valence-corrected chi connectivity index (χ1v) is 19.1. The van der Waals surface area contributed by atoms with E-state index in [1.807, 2.05) is 42.7 Å². The fraction of sp³-hybridized carbons (Fsp3) is 0.564. The monoisotopic (exact) mass is 700 g/mol. The summed E-state index contributed by atoms with van der Waals surface area (Å²) in [5, 5.41) is 12.3. The summed E-state index contributed by atoms with van der Waals surface area (Å²) in [6.45, 7) is 13.0. The minimum atomic E-state index is -0.911. The first-order chi connectivity index (χ1) is 24.0. The Kier molecular flexibility index (Phi) is 11.2. The van der Waals surface area contributed by atoms with E-state index in [2.05, 4.69) is 42.8 Å². The molecule has 10 nitrogen and oxygen atoms in total. The van der Waals surface area contributed by atoms with Crippen molar-refractivity contribution < 1.29 is 19.5 Å². The lowest BCUT2D eigenvalue weighted by molar-refractivity contribution is -0.153. The summed E-state index contributed by atoms with van der Waals surface area (Å²) in [5.74, 6) is -0.491. The second kappa shape index (κ2) is 15.6. The van der Waals surface area contributed by atoms with Crippen molar-refractivity contribution >= 4 is 34.8 Å². The molecule has 1 saturated carbocycles. The van der Waals surface area contributed by atoms with Crippen molar-refractivity contribution in [3.05, 3.63) is 64.1 Å². The number of hydrogen-bond acceptors (Lipinski definition) is 8. The summed E-state index contributed by atoms with van der Waals surface area (Å²) in [5.41, 5.74) is 2.70. The number of likely N-dealkylation sites (tertiary alicyclic amines) is 1. The van der Waals surface area contributed by atoms with Crippen molar-refractivity contribution in [1.29, 1.82) is 0 Å². The maximum Gasteiger partial charge on any atom is 0.310 e. The van der Waals surface area contributed by atoms with Crippen LogP contribution in [0.4, 0.5) is 5.69 Å². The minimum Gasteiger partial charge on any atom is -0.481 e. The predicted molar refractivity (Wildman–Crippen MR) is 198 cm³/mol. The van der Waals surface area contributed by atoms with Gasteiger partial charge in [0.25, 0.3) is 5.91 Å². The Labute approximate surface area is 300 Å². The molecule has 3 aromatic rings. The third-order valence-corrected chi connectivity index (χ3v) is 12.2. The Hall–Kier alpha value is -3.83. The average molecular weight is 701 g/mol. The van der Waals surface area contributed by atoms with Crippen LogP contribution in [0.3, 0.4) is 0 Å². The van der Waals surface area contributed by atoms with E-state index >= 15 is 0 Å². The number of carboxylic acids is 1. The van der Waals surface area contributed by atoms with Crippen LogP contribution in [0.5, 0.6) is 0 Å². The van der Waals surface area contributed by atoms with Gasteiger partial charge >= 0.3 is 5.97 Å². The number of piperazine rings is 1. The number of hydrogen-bond donors (Lipinski definition) is 2. The number of amides is 2. The fourth-order valence-electron chi connectivity index (χ4n) is 7.54. The molecule has 0 radical (unpaired) electrons. The Balaban J connectivity index is 1.06. The van der Waals surface area contributed by atoms with Crippen LogP contribution in [0.1, 0.15) is 86.3 Å². The first kappa shape index (κ1) is 36.0. The minimum absolute atomic E-state index is 0.0875. The number of thiophene rings is 1. The summed E-state index contributed by atoms with van der Waals surface area (Å²) >= 11 is 1.42. The molecule has 1 atom stereocenters. The van der Waals surface area contributed by atoms with Crippen molar-refractivity contribution in [3.8, 4) is 11.4 Å². The predicted octanol–water partition coefficient (Wildman–Crippen LogP) is 5.87. The third-order valence-electron chi connectivity index (χ3n) is 10.7. The topological polar surface area (TPSA) is 119 Å². The van der Waals surface area contributed by atoms with Crippen LogP contribution in [0, 0.1) is 11.8 Å². The summed E-state index contributed by atoms with van der Waals surface area (Å²) in [7, 11) is 0. The van der Waals surface area contributed by atoms with Crippen LogP contribution >= 0.6 is 11.3 Å². The van der Waals surface area contributed by atoms with Gasteiger partial charge in [0.1, 0.15) is 6.04 Å². The maximum atomic E-state index is 13.5. The van der Waals surface area contributed by atoms with E-state index < -0.39 is 17.9 Å². The molecule has 6 rings (SSSR count). The van der Waals surface area contributed by atoms with E-state index in [1.165, 1.54) is 54.8 Å². The van der Waals surface area contributed by atoms with Crippen LogP contribution in [0.15, 0.2) is 48.8 Å². The summed E-state index contributed by atoms with van der Waals surface area (Å²) in [6.07, 6.45) is 12.2. The standard InChI is InChI=1S/C39H52N6O4S/c1-5-6-26-9-13-30(14-10-26)43-17-19-44(20-18-43)31-22-40-35(41-23-31)28-11-7-27(8-12-28)21-32(37(47)45-24-29(25-45)38(48)49)42-36(46)33-15-16-34(50-33)39(2,3)4/h7-8,11-12,15-16,22-23,26,29-30,32H,5-6,9-10,13-14,17-21,24-25H2,1-4H3,(H,42,46)(H,48,49)/t26-,30-,32-/m0/s1. The van der Waals surface area contributed by atoms with E-state index in [1.54, 1.807) is 6.07 Å². The third kappa shape index (κ3) is 8.54. The number of nitrogens with one attached hydrogen (secondary N) is 1. The lowest BCUT2D eigenvalue weighted by atomic mass is 9.83. The lowest BCUT2D eigenvalue weighted by Gasteiger charge is -2.42. The van der Waals surface area contributed by atoms with E-state index in [0.29, 0.717) is 10.7 Å². The quantitative estimate of drug-likeness (QED) is 0.255. The van der Waals surface area contributed by atoms with Gasteiger partial charge in [0.05, 0.1) is 28.9 Å². The van der Waals surface area contributed by atoms with E-state index in [-0.39, 0.29) is 36.7 Å². The number of anilines is 1. The van der Waals surface area contributed by atoms with Gasteiger partial charge in [0, 0.05) is 62.2 Å². The molecular formula is C39H52N6O4S. The SMILES string of the molecule is CCC[C@H]1CC[C@H](N2CCN(c3cnc(-c4ccc(C[C@H](NC(=O)c5ccc(C(C)(C)C)s5)C(=O)N5CC(C(=O)O)C5)cc4)nc3)CC2)CC1. The molecule has 1 aromatic carbocycles. The number of rotatable bonds is 11. The molecule has 2 N–H and O–H groups in total. The molecule has 0 spiro atoms. The second-order valence-corrected chi connectivity index (χ2v) is 16.5. The van der Waals surface area contributed by atoms with Crippen LogP contribution < -0.4 is 10.2 Å². The number of benzene rings is 1. The molecule has 3 aliphatic rings. The van der Waals surface area contributed by atoms with Gasteiger partial charge in [-0.1, -0.05) is 64.8 Å². The van der Waals surface area contributed by atoms with Gasteiger partial charge < -0.3 is 20.2 Å². The highest BCUT2D eigenvalue weighted by Gasteiger charge is 2.39. The Morgan fingerprint density at radius 2 is 1.60 bits per heavy atom. The van der Waals surface area contributed by atoms with Gasteiger partial charge in [-0.2, -0.15) is 0 Å². The zero-order valence-electron chi connectivity index (χ0n) is 29.9. The lowest BCUT2D eigenvalue weighted by Crippen LogP contribution is -2.59. The zero-order valence-corrected chi connectivity index (χ0v) is 30.8. The number of nitrogens with zero attached hydrogens (tertiary/aromatic N) is 5. The zero-order chi connectivity index (χ0) is 35.4. The van der Waals surface area contributed by atoms with Crippen molar-refractivity contribution in [1.82, 2.24) is 25.1 Å². The summed E-state index contributed by atoms with van der Waals surface area (Å²) < 4.78 is 0. The van der Waals surface area contributed by atoms with E-state index in [9.17, 15) is 19.5 Å². The van der Waals surface area contributed by atoms with Gasteiger partial charge in [0.2, 0.25) is 5.91 Å². The average Bonchev–Trinajstić information content (AvgIpc) is 3.60. The number of carbonyl (C=O) groups excluding carboxylic acids is 2. The molecule has 2 aromatic heterocycles. The van der Waals surface area contributed by atoms with E-state index in [0.717, 1.165) is 59.8 Å². The highest BCUT2D eigenvalue weighted by molar-refractivity contribution is 7.14. The van der Waals surface area contributed by atoms with Gasteiger partial charge in [-0.05, 0) is 54.7 Å². The Bertz CT molecular complexity index is 1610. The summed E-state index contributed by atoms with van der Waals surface area (Å²) in [6, 6.07) is 11.4. The molecule has 50 heavy (non-hydrogen) atoms. The highest BCUT2D eigenvalue weighted by Crippen LogP contribution is 2.32. The first-order valence-electron chi connectivity index (χ1n) is 18.3. The van der Waals surface area contributed by atoms with Crippen molar-refractivity contribution in [2.75, 3.05) is 44.2 Å². The molecular weight excluding hydrogens is 649 g/mol. The van der Waals surface area contributed by atoms with Crippen LogP contribution in [-0.2, 0) is 21.4 Å². The molecule has 11 heteroatoms. The molecule has 4 heterocycles. The Morgan fingerprint density at radius 3 is 2.18 bits per heavy atom. The maximum absolute atomic E-state index is 13.5. The highest BCUT2D eigenvalue weighted by atomic mass is 32.1. The number of carboxylic acid groups (broad SMARTS) is 1. The van der Waals surface area contributed by atoms with Crippen molar-refractivity contribution in [3.63, 3.8) is 0 Å². The van der Waals surface area contributed by atoms with Gasteiger partial charge in [-0.15, -0.1) is 11.3 Å². The molecule has 268 valence electrons.